The molecule has 2 unspecified atom stereocenters. The highest BCUT2D eigenvalue weighted by atomic mass is 19.1. The van der Waals surface area contributed by atoms with Crippen LogP contribution in [0.2, 0.25) is 0 Å². The molecule has 2 N–H and O–H groups in total. The molecular formula is C32H28FN3O4. The quantitative estimate of drug-likeness (QED) is 0.288. The van der Waals surface area contributed by atoms with E-state index in [-0.39, 0.29) is 18.9 Å². The molecule has 1 saturated heterocycles. The molecule has 2 atom stereocenters. The van der Waals surface area contributed by atoms with Crippen LogP contribution in [0.4, 0.5) is 20.6 Å². The Hall–Kier alpha value is -4.98. The Balaban J connectivity index is 1.40. The summed E-state index contributed by atoms with van der Waals surface area (Å²) in [5.41, 5.74) is 4.25. The lowest BCUT2D eigenvalue weighted by atomic mass is 9.99. The minimum absolute atomic E-state index is 0.157. The third-order valence-corrected chi connectivity index (χ3v) is 6.65. The fourth-order valence-electron chi connectivity index (χ4n) is 4.63. The van der Waals surface area contributed by atoms with Crippen LogP contribution in [0, 0.1) is 12.7 Å². The number of anilines is 2. The summed E-state index contributed by atoms with van der Waals surface area (Å²) in [5, 5.41) is 5.66. The number of hydrogen-bond acceptors (Lipinski definition) is 4. The Labute approximate surface area is 231 Å². The summed E-state index contributed by atoms with van der Waals surface area (Å²) in [7, 11) is 0. The minimum atomic E-state index is -1.02. The van der Waals surface area contributed by atoms with Gasteiger partial charge in [0.1, 0.15) is 5.82 Å². The number of benzene rings is 4. The van der Waals surface area contributed by atoms with Crippen LogP contribution in [0.25, 0.3) is 0 Å². The van der Waals surface area contributed by atoms with Crippen molar-refractivity contribution in [2.24, 2.45) is 0 Å². The van der Waals surface area contributed by atoms with E-state index in [2.05, 4.69) is 10.6 Å². The molecule has 5 rings (SSSR count). The van der Waals surface area contributed by atoms with Gasteiger partial charge in [0.2, 0.25) is 5.91 Å². The number of nitrogens with zero attached hydrogens (tertiary/aromatic N) is 1. The van der Waals surface area contributed by atoms with Crippen LogP contribution < -0.4 is 10.6 Å². The van der Waals surface area contributed by atoms with Crippen molar-refractivity contribution in [2.75, 3.05) is 10.6 Å². The summed E-state index contributed by atoms with van der Waals surface area (Å²) in [5.74, 6) is -1.10. The van der Waals surface area contributed by atoms with E-state index in [0.29, 0.717) is 16.9 Å². The van der Waals surface area contributed by atoms with Gasteiger partial charge in [0.05, 0.1) is 13.0 Å². The third-order valence-electron chi connectivity index (χ3n) is 6.65. The highest BCUT2D eigenvalue weighted by molar-refractivity contribution is 5.98. The second-order valence-corrected chi connectivity index (χ2v) is 9.69. The maximum Gasteiger partial charge on any atom is 0.411 e. The Morgan fingerprint density at radius 2 is 1.55 bits per heavy atom. The van der Waals surface area contributed by atoms with E-state index >= 15 is 0 Å². The molecule has 0 bridgehead atoms. The van der Waals surface area contributed by atoms with Crippen LogP contribution in [0.15, 0.2) is 103 Å². The van der Waals surface area contributed by atoms with Crippen molar-refractivity contribution in [3.8, 4) is 0 Å². The zero-order valence-electron chi connectivity index (χ0n) is 21.8. The standard InChI is InChI=1S/C32H28FN3O4/c1-21-10-12-23(13-11-21)20-36-29(31(38)35-26-16-14-25(33)15-17-26)30(40-32(36)39)24-8-5-9-27(19-24)34-28(37)18-22-6-3-2-4-7-22/h2-17,19,29-30H,18,20H2,1H3,(H,34,37)(H,35,38). The number of ether oxygens (including phenoxy) is 1. The number of hydrogen-bond donors (Lipinski definition) is 2. The molecule has 4 aromatic rings. The van der Waals surface area contributed by atoms with Gasteiger partial charge in [0.25, 0.3) is 5.91 Å². The van der Waals surface area contributed by atoms with Gasteiger partial charge in [0, 0.05) is 11.4 Å². The van der Waals surface area contributed by atoms with Crippen molar-refractivity contribution < 1.29 is 23.5 Å². The first-order valence-electron chi connectivity index (χ1n) is 12.9. The van der Waals surface area contributed by atoms with Crippen molar-refractivity contribution in [3.05, 3.63) is 131 Å². The molecule has 3 amide bonds. The van der Waals surface area contributed by atoms with Gasteiger partial charge in [-0.05, 0) is 60.0 Å². The summed E-state index contributed by atoms with van der Waals surface area (Å²) in [6.07, 6.45) is -1.37. The van der Waals surface area contributed by atoms with Gasteiger partial charge < -0.3 is 15.4 Å². The largest absolute Gasteiger partial charge is 0.438 e. The maximum absolute atomic E-state index is 13.6. The Morgan fingerprint density at radius 1 is 0.825 bits per heavy atom. The predicted molar refractivity (Wildman–Crippen MR) is 150 cm³/mol. The van der Waals surface area contributed by atoms with Crippen molar-refractivity contribution >= 4 is 29.3 Å². The number of cyclic esters (lactones) is 1. The molecule has 202 valence electrons. The number of rotatable bonds is 8. The number of amides is 3. The molecule has 1 aliphatic rings. The van der Waals surface area contributed by atoms with E-state index in [1.807, 2.05) is 61.5 Å². The van der Waals surface area contributed by atoms with Crippen LogP contribution >= 0.6 is 0 Å². The molecule has 0 aromatic heterocycles. The van der Waals surface area contributed by atoms with E-state index in [1.165, 1.54) is 29.2 Å². The monoisotopic (exact) mass is 537 g/mol. The summed E-state index contributed by atoms with van der Waals surface area (Å²) in [4.78, 5) is 40.7. The van der Waals surface area contributed by atoms with Gasteiger partial charge in [0.15, 0.2) is 12.1 Å². The topological polar surface area (TPSA) is 87.7 Å². The van der Waals surface area contributed by atoms with Gasteiger partial charge in [-0.2, -0.15) is 0 Å². The van der Waals surface area contributed by atoms with E-state index in [4.69, 9.17) is 4.74 Å². The number of nitrogens with one attached hydrogen (secondary N) is 2. The number of halogens is 1. The van der Waals surface area contributed by atoms with Crippen molar-refractivity contribution in [3.63, 3.8) is 0 Å². The second-order valence-electron chi connectivity index (χ2n) is 9.69. The SMILES string of the molecule is Cc1ccc(CN2C(=O)OC(c3cccc(NC(=O)Cc4ccccc4)c3)C2C(=O)Nc2ccc(F)cc2)cc1. The van der Waals surface area contributed by atoms with Gasteiger partial charge >= 0.3 is 6.09 Å². The highest BCUT2D eigenvalue weighted by Crippen LogP contribution is 2.35. The van der Waals surface area contributed by atoms with Gasteiger partial charge in [-0.1, -0.05) is 72.3 Å². The van der Waals surface area contributed by atoms with E-state index in [1.54, 1.807) is 24.3 Å². The van der Waals surface area contributed by atoms with E-state index in [0.717, 1.165) is 16.7 Å². The lowest BCUT2D eigenvalue weighted by Gasteiger charge is -2.24. The Bertz CT molecular complexity index is 1510. The van der Waals surface area contributed by atoms with E-state index < -0.39 is 30.0 Å². The molecular weight excluding hydrogens is 509 g/mol. The van der Waals surface area contributed by atoms with Crippen LogP contribution in [-0.2, 0) is 27.3 Å². The molecule has 0 saturated carbocycles. The highest BCUT2D eigenvalue weighted by Gasteiger charge is 2.47. The molecule has 7 nitrogen and oxygen atoms in total. The molecule has 1 aliphatic heterocycles. The lowest BCUT2D eigenvalue weighted by Crippen LogP contribution is -2.43. The van der Waals surface area contributed by atoms with Crippen molar-refractivity contribution in [1.82, 2.24) is 4.90 Å². The lowest BCUT2D eigenvalue weighted by molar-refractivity contribution is -0.121. The predicted octanol–water partition coefficient (Wildman–Crippen LogP) is 6.02. The van der Waals surface area contributed by atoms with Crippen LogP contribution in [0.3, 0.4) is 0 Å². The average Bonchev–Trinajstić information content (AvgIpc) is 3.27. The van der Waals surface area contributed by atoms with E-state index in [9.17, 15) is 18.8 Å². The molecule has 0 aliphatic carbocycles. The third kappa shape index (κ3) is 6.35. The molecule has 0 radical (unpaired) electrons. The maximum atomic E-state index is 13.6. The number of carbonyl (C=O) groups excluding carboxylic acids is 3. The Morgan fingerprint density at radius 3 is 2.27 bits per heavy atom. The second kappa shape index (κ2) is 11.8. The van der Waals surface area contributed by atoms with Gasteiger partial charge in [-0.3, -0.25) is 14.5 Å². The number of aryl methyl sites for hydroxylation is 1. The van der Waals surface area contributed by atoms with Gasteiger partial charge in [-0.25, -0.2) is 9.18 Å². The first-order chi connectivity index (χ1) is 19.4. The fourth-order valence-corrected chi connectivity index (χ4v) is 4.63. The Kier molecular flexibility index (Phi) is 7.87. The van der Waals surface area contributed by atoms with Crippen molar-refractivity contribution in [2.45, 2.75) is 32.0 Å². The summed E-state index contributed by atoms with van der Waals surface area (Å²) in [6.45, 7) is 2.12. The van der Waals surface area contributed by atoms with Crippen LogP contribution in [0.5, 0.6) is 0 Å². The molecule has 1 fully saturated rings. The first kappa shape index (κ1) is 26.6. The van der Waals surface area contributed by atoms with Crippen LogP contribution in [-0.4, -0.2) is 28.8 Å². The summed E-state index contributed by atoms with van der Waals surface area (Å²) >= 11 is 0. The van der Waals surface area contributed by atoms with Crippen LogP contribution in [0.1, 0.15) is 28.4 Å². The number of carbonyl (C=O) groups is 3. The molecule has 0 spiro atoms. The first-order valence-corrected chi connectivity index (χ1v) is 12.9. The molecule has 1 heterocycles. The fraction of sp³-hybridized carbons (Fsp3) is 0.156. The van der Waals surface area contributed by atoms with Gasteiger partial charge in [-0.15, -0.1) is 0 Å². The molecule has 4 aromatic carbocycles. The molecule has 8 heteroatoms. The molecule has 40 heavy (non-hydrogen) atoms. The summed E-state index contributed by atoms with van der Waals surface area (Å²) in [6, 6.07) is 28.3. The zero-order valence-corrected chi connectivity index (χ0v) is 21.8. The minimum Gasteiger partial charge on any atom is -0.438 e. The van der Waals surface area contributed by atoms with Crippen molar-refractivity contribution in [1.29, 1.82) is 0 Å². The normalized spacial score (nSPS) is 16.4. The zero-order chi connectivity index (χ0) is 28.1. The average molecular weight is 538 g/mol. The smallest absolute Gasteiger partial charge is 0.411 e. The summed E-state index contributed by atoms with van der Waals surface area (Å²) < 4.78 is 19.2.